The fourth-order valence-electron chi connectivity index (χ4n) is 2.19. The van der Waals surface area contributed by atoms with E-state index in [-0.39, 0.29) is 11.4 Å². The van der Waals surface area contributed by atoms with Gasteiger partial charge < -0.3 is 5.11 Å². The van der Waals surface area contributed by atoms with Crippen molar-refractivity contribution in [3.05, 3.63) is 34.6 Å². The maximum absolute atomic E-state index is 13.7. The maximum Gasteiger partial charge on any atom is 0.408 e. The maximum atomic E-state index is 13.7. The van der Waals surface area contributed by atoms with E-state index in [4.69, 9.17) is 16.7 Å². The minimum Gasteiger partial charge on any atom is -0.465 e. The number of nitrogens with one attached hydrogen (secondary N) is 2. The van der Waals surface area contributed by atoms with Gasteiger partial charge in [0, 0.05) is 6.42 Å². The molecule has 124 valence electrons. The summed E-state index contributed by atoms with van der Waals surface area (Å²) in [6.07, 6.45) is -3.24. The Morgan fingerprint density at radius 1 is 1.30 bits per heavy atom. The van der Waals surface area contributed by atoms with Crippen LogP contribution in [-0.2, 0) is 4.79 Å². The van der Waals surface area contributed by atoms with Crippen LogP contribution in [0.1, 0.15) is 16.8 Å². The summed E-state index contributed by atoms with van der Waals surface area (Å²) in [5.41, 5.74) is 3.49. The highest BCUT2D eigenvalue weighted by atomic mass is 35.5. The standard InChI is InChI=1S/C13H12ClF2N3O4/c14-8-3-1-2-7(10(8)16)11(20)17-18-12(21)9-4-6(15)5-19(9)13(22)23/h1-3,6,9H,4-5H2,(H,17,20)(H,18,21)(H,22,23)/t6-,9+/m1/s1. The SMILES string of the molecule is O=C(NNC(=O)[C@@H]1C[C@@H](F)CN1C(=O)O)c1cccc(Cl)c1F. The molecule has 2 rings (SSSR count). The molecule has 0 bridgehead atoms. The van der Waals surface area contributed by atoms with Crippen LogP contribution in [0.3, 0.4) is 0 Å². The number of halogens is 3. The van der Waals surface area contributed by atoms with Gasteiger partial charge in [0.15, 0.2) is 5.82 Å². The van der Waals surface area contributed by atoms with E-state index in [1.807, 2.05) is 10.9 Å². The molecule has 1 aromatic carbocycles. The number of amides is 3. The van der Waals surface area contributed by atoms with Gasteiger partial charge in [-0.05, 0) is 12.1 Å². The van der Waals surface area contributed by atoms with E-state index in [1.165, 1.54) is 12.1 Å². The number of alkyl halides is 1. The van der Waals surface area contributed by atoms with Gasteiger partial charge in [0.05, 0.1) is 17.1 Å². The minimum absolute atomic E-state index is 0.267. The highest BCUT2D eigenvalue weighted by Crippen LogP contribution is 2.20. The Bertz CT molecular complexity index is 658. The van der Waals surface area contributed by atoms with Crippen molar-refractivity contribution in [3.63, 3.8) is 0 Å². The number of carbonyl (C=O) groups excluding carboxylic acids is 2. The van der Waals surface area contributed by atoms with Crippen molar-refractivity contribution in [2.24, 2.45) is 0 Å². The van der Waals surface area contributed by atoms with Crippen LogP contribution in [0.2, 0.25) is 5.02 Å². The molecule has 0 aliphatic carbocycles. The molecule has 0 aromatic heterocycles. The summed E-state index contributed by atoms with van der Waals surface area (Å²) in [5, 5.41) is 8.63. The quantitative estimate of drug-likeness (QED) is 0.703. The molecule has 1 aromatic rings. The number of benzene rings is 1. The fraction of sp³-hybridized carbons (Fsp3) is 0.308. The first-order chi connectivity index (χ1) is 10.8. The Morgan fingerprint density at radius 3 is 2.65 bits per heavy atom. The normalized spacial score (nSPS) is 20.2. The van der Waals surface area contributed by atoms with Crippen molar-refractivity contribution in [3.8, 4) is 0 Å². The monoisotopic (exact) mass is 347 g/mol. The van der Waals surface area contributed by atoms with Crippen molar-refractivity contribution in [2.75, 3.05) is 6.54 Å². The van der Waals surface area contributed by atoms with Crippen LogP contribution >= 0.6 is 11.6 Å². The summed E-state index contributed by atoms with van der Waals surface area (Å²) in [7, 11) is 0. The van der Waals surface area contributed by atoms with Gasteiger partial charge in [-0.2, -0.15) is 0 Å². The molecule has 1 aliphatic rings. The number of hydrogen-bond donors (Lipinski definition) is 3. The van der Waals surface area contributed by atoms with E-state index in [0.717, 1.165) is 6.07 Å². The second-order valence-corrected chi connectivity index (χ2v) is 5.24. The molecule has 0 radical (unpaired) electrons. The molecule has 0 unspecified atom stereocenters. The smallest absolute Gasteiger partial charge is 0.408 e. The van der Waals surface area contributed by atoms with Gasteiger partial charge in [0.1, 0.15) is 12.2 Å². The lowest BCUT2D eigenvalue weighted by atomic mass is 10.2. The molecule has 1 saturated heterocycles. The van der Waals surface area contributed by atoms with Gasteiger partial charge in [-0.25, -0.2) is 13.6 Å². The average molecular weight is 348 g/mol. The van der Waals surface area contributed by atoms with E-state index in [2.05, 4.69) is 0 Å². The molecule has 1 fully saturated rings. The fourth-order valence-corrected chi connectivity index (χ4v) is 2.37. The third-order valence-corrected chi connectivity index (χ3v) is 3.59. The van der Waals surface area contributed by atoms with Crippen LogP contribution in [0.5, 0.6) is 0 Å². The lowest BCUT2D eigenvalue weighted by Gasteiger charge is -2.20. The first-order valence-electron chi connectivity index (χ1n) is 6.49. The minimum atomic E-state index is -1.47. The van der Waals surface area contributed by atoms with Crippen LogP contribution < -0.4 is 10.9 Å². The predicted octanol–water partition coefficient (Wildman–Crippen LogP) is 1.33. The zero-order valence-electron chi connectivity index (χ0n) is 11.6. The molecule has 3 N–H and O–H groups in total. The topological polar surface area (TPSA) is 98.7 Å². The Balaban J connectivity index is 2.00. The Morgan fingerprint density at radius 2 is 2.00 bits per heavy atom. The molecule has 1 heterocycles. The van der Waals surface area contributed by atoms with Crippen molar-refractivity contribution >= 4 is 29.5 Å². The van der Waals surface area contributed by atoms with Gasteiger partial charge in [-0.1, -0.05) is 17.7 Å². The number of rotatable bonds is 2. The highest BCUT2D eigenvalue weighted by Gasteiger charge is 2.40. The van der Waals surface area contributed by atoms with E-state index < -0.39 is 48.0 Å². The summed E-state index contributed by atoms with van der Waals surface area (Å²) < 4.78 is 26.9. The first-order valence-corrected chi connectivity index (χ1v) is 6.87. The summed E-state index contributed by atoms with van der Waals surface area (Å²) >= 11 is 5.54. The molecular weight excluding hydrogens is 336 g/mol. The third-order valence-electron chi connectivity index (χ3n) is 3.29. The molecule has 1 aliphatic heterocycles. The van der Waals surface area contributed by atoms with Crippen LogP contribution in [0.25, 0.3) is 0 Å². The van der Waals surface area contributed by atoms with E-state index in [9.17, 15) is 23.2 Å². The second kappa shape index (κ2) is 6.78. The molecule has 23 heavy (non-hydrogen) atoms. The van der Waals surface area contributed by atoms with Crippen LogP contribution in [0, 0.1) is 5.82 Å². The summed E-state index contributed by atoms with van der Waals surface area (Å²) in [6.45, 7) is -0.426. The van der Waals surface area contributed by atoms with Gasteiger partial charge in [0.2, 0.25) is 0 Å². The molecule has 0 saturated carbocycles. The van der Waals surface area contributed by atoms with E-state index in [1.54, 1.807) is 0 Å². The van der Waals surface area contributed by atoms with E-state index >= 15 is 0 Å². The second-order valence-electron chi connectivity index (χ2n) is 4.83. The first kappa shape index (κ1) is 16.9. The molecule has 7 nitrogen and oxygen atoms in total. The van der Waals surface area contributed by atoms with Crippen molar-refractivity contribution < 1.29 is 28.3 Å². The largest absolute Gasteiger partial charge is 0.465 e. The van der Waals surface area contributed by atoms with Crippen LogP contribution in [0.4, 0.5) is 13.6 Å². The summed E-state index contributed by atoms with van der Waals surface area (Å²) in [5.74, 6) is -2.85. The number of hydrazine groups is 1. The molecule has 0 spiro atoms. The average Bonchev–Trinajstić information content (AvgIpc) is 2.89. The molecular formula is C13H12ClF2N3O4. The zero-order chi connectivity index (χ0) is 17.1. The zero-order valence-corrected chi connectivity index (χ0v) is 12.3. The van der Waals surface area contributed by atoms with Gasteiger partial charge in [0.25, 0.3) is 11.8 Å². The Hall–Kier alpha value is -2.42. The third kappa shape index (κ3) is 3.67. The van der Waals surface area contributed by atoms with E-state index in [0.29, 0.717) is 4.90 Å². The van der Waals surface area contributed by atoms with Crippen molar-refractivity contribution in [1.29, 1.82) is 0 Å². The van der Waals surface area contributed by atoms with Gasteiger partial charge >= 0.3 is 6.09 Å². The van der Waals surface area contributed by atoms with Crippen molar-refractivity contribution in [2.45, 2.75) is 18.6 Å². The van der Waals surface area contributed by atoms with Crippen LogP contribution in [-0.4, -0.2) is 46.7 Å². The van der Waals surface area contributed by atoms with Crippen molar-refractivity contribution in [1.82, 2.24) is 15.8 Å². The number of carboxylic acid groups (broad SMARTS) is 1. The lowest BCUT2D eigenvalue weighted by molar-refractivity contribution is -0.125. The van der Waals surface area contributed by atoms with Gasteiger partial charge in [-0.15, -0.1) is 0 Å². The summed E-state index contributed by atoms with van der Waals surface area (Å²) in [4.78, 5) is 35.2. The number of carbonyl (C=O) groups is 3. The molecule has 3 amide bonds. The Kier molecular flexibility index (Phi) is 4.99. The number of hydrogen-bond acceptors (Lipinski definition) is 3. The number of nitrogens with zero attached hydrogens (tertiary/aromatic N) is 1. The molecule has 10 heteroatoms. The Labute approximate surface area is 134 Å². The van der Waals surface area contributed by atoms with Crippen LogP contribution in [0.15, 0.2) is 18.2 Å². The summed E-state index contributed by atoms with van der Waals surface area (Å²) in [6, 6.07) is 2.47. The predicted molar refractivity (Wildman–Crippen MR) is 75.1 cm³/mol. The highest BCUT2D eigenvalue weighted by molar-refractivity contribution is 6.31. The molecule has 2 atom stereocenters. The lowest BCUT2D eigenvalue weighted by Crippen LogP contribution is -2.51. The number of likely N-dealkylation sites (tertiary alicyclic amines) is 1. The van der Waals surface area contributed by atoms with Gasteiger partial charge in [-0.3, -0.25) is 25.3 Å².